The fourth-order valence-electron chi connectivity index (χ4n) is 3.70. The Hall–Kier alpha value is -3.61. The largest absolute Gasteiger partial charge is 0.466 e. The molecule has 2 aromatic rings. The van der Waals surface area contributed by atoms with Gasteiger partial charge in [-0.25, -0.2) is 14.4 Å². The Balaban J connectivity index is 2.33. The van der Waals surface area contributed by atoms with Crippen molar-refractivity contribution in [3.8, 4) is 0 Å². The normalized spacial score (nSPS) is 18.2. The summed E-state index contributed by atoms with van der Waals surface area (Å²) in [5.74, 6) is -2.15. The number of nitrogens with zero attached hydrogens (tertiary/aromatic N) is 1. The van der Waals surface area contributed by atoms with E-state index < -0.39 is 30.0 Å². The summed E-state index contributed by atoms with van der Waals surface area (Å²) in [6.07, 6.45) is 0. The van der Waals surface area contributed by atoms with E-state index in [0.29, 0.717) is 5.69 Å². The van der Waals surface area contributed by atoms with E-state index in [2.05, 4.69) is 0 Å². The van der Waals surface area contributed by atoms with Crippen LogP contribution in [0.4, 0.5) is 5.69 Å². The Labute approximate surface area is 174 Å². The van der Waals surface area contributed by atoms with Crippen molar-refractivity contribution >= 4 is 23.6 Å². The third kappa shape index (κ3) is 3.78. The van der Waals surface area contributed by atoms with E-state index in [1.54, 1.807) is 24.0 Å². The predicted octanol–water partition coefficient (Wildman–Crippen LogP) is 2.82. The van der Waals surface area contributed by atoms with Gasteiger partial charge < -0.3 is 19.1 Å². The van der Waals surface area contributed by atoms with E-state index in [-0.39, 0.29) is 17.8 Å². The van der Waals surface area contributed by atoms with Crippen LogP contribution in [0.1, 0.15) is 18.5 Å². The quantitative estimate of drug-likeness (QED) is 0.536. The van der Waals surface area contributed by atoms with E-state index >= 15 is 0 Å². The van der Waals surface area contributed by atoms with E-state index in [0.717, 1.165) is 5.56 Å². The number of ether oxygens (including phenoxy) is 3. The summed E-state index contributed by atoms with van der Waals surface area (Å²) < 4.78 is 15.2. The molecule has 0 bridgehead atoms. The van der Waals surface area contributed by atoms with Crippen molar-refractivity contribution in [2.45, 2.75) is 19.0 Å². The molecule has 1 aliphatic rings. The molecule has 0 aliphatic carbocycles. The van der Waals surface area contributed by atoms with Crippen molar-refractivity contribution in [2.24, 2.45) is 0 Å². The van der Waals surface area contributed by atoms with E-state index in [1.807, 2.05) is 48.5 Å². The molecule has 1 aliphatic heterocycles. The summed E-state index contributed by atoms with van der Waals surface area (Å²) >= 11 is 0. The number of hydrogen-bond acceptors (Lipinski definition) is 7. The van der Waals surface area contributed by atoms with Crippen molar-refractivity contribution in [3.63, 3.8) is 0 Å². The van der Waals surface area contributed by atoms with Crippen molar-refractivity contribution in [3.05, 3.63) is 77.4 Å². The molecule has 0 spiro atoms. The van der Waals surface area contributed by atoms with Gasteiger partial charge in [-0.1, -0.05) is 48.5 Å². The first-order chi connectivity index (χ1) is 14.5. The number of rotatable bonds is 6. The van der Waals surface area contributed by atoms with Gasteiger partial charge in [-0.3, -0.25) is 0 Å². The monoisotopic (exact) mass is 409 g/mol. The molecular weight excluding hydrogens is 386 g/mol. The predicted molar refractivity (Wildman–Crippen MR) is 110 cm³/mol. The SMILES string of the molecule is CCOC(=O)[C@H]1C(C(=O)OC)=C(C(=O)OC)[C@H](c2ccccc2)N1c1ccccc1. The van der Waals surface area contributed by atoms with Gasteiger partial charge in [0.2, 0.25) is 0 Å². The molecule has 0 fully saturated rings. The number of methoxy groups -OCH3 is 2. The van der Waals surface area contributed by atoms with Crippen LogP contribution in [-0.2, 0) is 28.6 Å². The average Bonchev–Trinajstić information content (AvgIpc) is 3.15. The van der Waals surface area contributed by atoms with Crippen LogP contribution in [-0.4, -0.2) is 44.8 Å². The maximum Gasteiger partial charge on any atom is 0.337 e. The fourth-order valence-corrected chi connectivity index (χ4v) is 3.70. The second-order valence-corrected chi connectivity index (χ2v) is 6.52. The fraction of sp³-hybridized carbons (Fsp3) is 0.261. The van der Waals surface area contributed by atoms with Crippen LogP contribution in [0.5, 0.6) is 0 Å². The Morgan fingerprint density at radius 3 is 1.90 bits per heavy atom. The maximum absolute atomic E-state index is 13.0. The number of hydrogen-bond donors (Lipinski definition) is 0. The lowest BCUT2D eigenvalue weighted by Gasteiger charge is -2.33. The van der Waals surface area contributed by atoms with Gasteiger partial charge in [-0.2, -0.15) is 0 Å². The van der Waals surface area contributed by atoms with E-state index in [9.17, 15) is 14.4 Å². The minimum atomic E-state index is -1.17. The Morgan fingerprint density at radius 1 is 0.833 bits per heavy atom. The van der Waals surface area contributed by atoms with Gasteiger partial charge in [0, 0.05) is 5.69 Å². The third-order valence-electron chi connectivity index (χ3n) is 4.88. The van der Waals surface area contributed by atoms with E-state index in [4.69, 9.17) is 14.2 Å². The molecule has 0 aromatic heterocycles. The summed E-state index contributed by atoms with van der Waals surface area (Å²) in [4.78, 5) is 40.4. The highest BCUT2D eigenvalue weighted by Gasteiger charge is 2.51. The number of benzene rings is 2. The van der Waals surface area contributed by atoms with Gasteiger partial charge in [0.25, 0.3) is 0 Å². The molecule has 0 saturated heterocycles. The molecule has 0 radical (unpaired) electrons. The third-order valence-corrected chi connectivity index (χ3v) is 4.88. The van der Waals surface area contributed by atoms with Gasteiger partial charge in [0.15, 0.2) is 6.04 Å². The number of carbonyl (C=O) groups excluding carboxylic acids is 3. The zero-order valence-corrected chi connectivity index (χ0v) is 17.0. The minimum Gasteiger partial charge on any atom is -0.466 e. The van der Waals surface area contributed by atoms with Crippen LogP contribution in [0.25, 0.3) is 0 Å². The molecule has 2 aromatic carbocycles. The highest BCUT2D eigenvalue weighted by atomic mass is 16.5. The summed E-state index contributed by atoms with van der Waals surface area (Å²) in [5, 5.41) is 0. The highest BCUT2D eigenvalue weighted by molar-refractivity contribution is 6.10. The van der Waals surface area contributed by atoms with Crippen molar-refractivity contribution in [1.82, 2.24) is 0 Å². The topological polar surface area (TPSA) is 82.1 Å². The molecule has 156 valence electrons. The zero-order valence-electron chi connectivity index (χ0n) is 17.0. The highest BCUT2D eigenvalue weighted by Crippen LogP contribution is 2.45. The first-order valence-electron chi connectivity index (χ1n) is 9.50. The molecule has 2 atom stereocenters. The van der Waals surface area contributed by atoms with Gasteiger partial charge >= 0.3 is 17.9 Å². The van der Waals surface area contributed by atoms with Crippen molar-refractivity contribution < 1.29 is 28.6 Å². The molecule has 0 N–H and O–H groups in total. The van der Waals surface area contributed by atoms with Crippen LogP contribution in [0.3, 0.4) is 0 Å². The molecule has 7 nitrogen and oxygen atoms in total. The number of anilines is 1. The van der Waals surface area contributed by atoms with E-state index in [1.165, 1.54) is 14.2 Å². The maximum atomic E-state index is 13.0. The Kier molecular flexibility index (Phi) is 6.51. The van der Waals surface area contributed by atoms with Crippen molar-refractivity contribution in [2.75, 3.05) is 25.7 Å². The number of esters is 3. The van der Waals surface area contributed by atoms with Crippen LogP contribution < -0.4 is 4.90 Å². The molecular formula is C23H23NO6. The van der Waals surface area contributed by atoms with Gasteiger partial charge in [0.1, 0.15) is 0 Å². The molecule has 30 heavy (non-hydrogen) atoms. The molecule has 0 saturated carbocycles. The second kappa shape index (κ2) is 9.26. The summed E-state index contributed by atoms with van der Waals surface area (Å²) in [6.45, 7) is 1.80. The molecule has 1 heterocycles. The molecule has 0 amide bonds. The molecule has 7 heteroatoms. The van der Waals surface area contributed by atoms with Crippen LogP contribution >= 0.6 is 0 Å². The molecule has 3 rings (SSSR count). The van der Waals surface area contributed by atoms with Gasteiger partial charge in [-0.05, 0) is 24.6 Å². The lowest BCUT2D eigenvalue weighted by molar-refractivity contribution is -0.146. The molecule has 0 unspecified atom stereocenters. The Bertz CT molecular complexity index is 954. The van der Waals surface area contributed by atoms with Gasteiger partial charge in [0.05, 0.1) is 38.0 Å². The zero-order chi connectivity index (χ0) is 21.7. The van der Waals surface area contributed by atoms with Crippen LogP contribution in [0.2, 0.25) is 0 Å². The second-order valence-electron chi connectivity index (χ2n) is 6.52. The summed E-state index contributed by atoms with van der Waals surface area (Å²) in [7, 11) is 2.44. The smallest absolute Gasteiger partial charge is 0.337 e. The first-order valence-corrected chi connectivity index (χ1v) is 9.50. The standard InChI is InChI=1S/C23H23NO6/c1-4-30-23(27)20-18(22(26)29-3)17(21(25)28-2)19(15-11-7-5-8-12-15)24(20)16-13-9-6-10-14-16/h5-14,19-20H,4H2,1-3H3/t19-,20+/m0/s1. The van der Waals surface area contributed by atoms with Crippen molar-refractivity contribution in [1.29, 1.82) is 0 Å². The minimum absolute atomic E-state index is 0.0532. The Morgan fingerprint density at radius 2 is 1.37 bits per heavy atom. The lowest BCUT2D eigenvalue weighted by Crippen LogP contribution is -2.42. The summed E-state index contributed by atoms with van der Waals surface area (Å²) in [5.41, 5.74) is 1.33. The van der Waals surface area contributed by atoms with Crippen LogP contribution in [0.15, 0.2) is 71.8 Å². The summed E-state index contributed by atoms with van der Waals surface area (Å²) in [6, 6.07) is 16.3. The van der Waals surface area contributed by atoms with Gasteiger partial charge in [-0.15, -0.1) is 0 Å². The lowest BCUT2D eigenvalue weighted by atomic mass is 9.96. The first kappa shape index (κ1) is 21.1. The number of carbonyl (C=O) groups is 3. The number of para-hydroxylation sites is 1. The average molecular weight is 409 g/mol. The van der Waals surface area contributed by atoms with Crippen LogP contribution in [0, 0.1) is 0 Å².